The van der Waals surface area contributed by atoms with Gasteiger partial charge in [-0.2, -0.15) is 0 Å². The molecule has 688 valence electrons. The monoisotopic (exact) mass is 1900 g/mol. The molecule has 4 amide bonds. The lowest BCUT2D eigenvalue weighted by Crippen LogP contribution is -2.41. The quantitative estimate of drug-likeness (QED) is 0.0698. The van der Waals surface area contributed by atoms with Gasteiger partial charge in [0.25, 0.3) is 23.6 Å². The molecule has 16 aromatic rings. The number of sulfonamides is 4. The van der Waals surface area contributed by atoms with Crippen LogP contribution in [0.2, 0.25) is 0 Å². The molecule has 37 heteroatoms. The Balaban J connectivity index is 0.000000126. The topological polar surface area (TPSA) is 393 Å². The van der Waals surface area contributed by atoms with E-state index in [2.05, 4.69) is 51.2 Å². The third-order valence-corrected chi connectivity index (χ3v) is 29.1. The first-order chi connectivity index (χ1) is 65.6. The van der Waals surface area contributed by atoms with Crippen molar-refractivity contribution in [1.82, 2.24) is 34.9 Å². The molecule has 0 spiro atoms. The fourth-order valence-corrected chi connectivity index (χ4v) is 20.1. The zero-order chi connectivity index (χ0) is 94.8. The fraction of sp³-hybridized carbons (Fsp3) is 0.141. The van der Waals surface area contributed by atoms with Crippen LogP contribution in [-0.4, -0.2) is 169 Å². The second-order valence-electron chi connectivity index (χ2n) is 31.4. The number of carbonyl (C=O) groups is 4. The van der Waals surface area contributed by atoms with Gasteiger partial charge in [-0.3, -0.25) is 44.1 Å². The van der Waals surface area contributed by atoms with E-state index in [1.54, 1.807) is 122 Å². The van der Waals surface area contributed by atoms with Gasteiger partial charge in [0.2, 0.25) is 40.1 Å². The van der Waals surface area contributed by atoms with Gasteiger partial charge in [-0.25, -0.2) is 69.6 Å². The van der Waals surface area contributed by atoms with E-state index in [1.165, 1.54) is 32.9 Å². The minimum Gasteiger partial charge on any atom is -0.359 e. The zero-order valence-electron chi connectivity index (χ0n) is 72.6. The third-order valence-electron chi connectivity index (χ3n) is 22.4. The number of rotatable bonds is 16. The van der Waals surface area contributed by atoms with E-state index in [1.807, 2.05) is 153 Å². The highest BCUT2D eigenvalue weighted by molar-refractivity contribution is 7.93. The second-order valence-corrected chi connectivity index (χ2v) is 39.4. The van der Waals surface area contributed by atoms with Crippen molar-refractivity contribution in [1.29, 1.82) is 0 Å². The third kappa shape index (κ3) is 21.2. The van der Waals surface area contributed by atoms with Crippen LogP contribution in [0.3, 0.4) is 0 Å². The van der Waals surface area contributed by atoms with E-state index < -0.39 is 63.5 Å². The van der Waals surface area contributed by atoms with Crippen LogP contribution in [0, 0.1) is 25.5 Å². The molecule has 0 saturated carbocycles. The molecule has 20 rings (SSSR count). The van der Waals surface area contributed by atoms with E-state index in [-0.39, 0.29) is 111 Å². The van der Waals surface area contributed by atoms with Gasteiger partial charge in [-0.05, 0) is 231 Å². The molecule has 136 heavy (non-hydrogen) atoms. The average molecular weight is 1910 g/mol. The predicted molar refractivity (Wildman–Crippen MR) is 517 cm³/mol. The molecular formula is C99H83F2N15O16S4. The highest BCUT2D eigenvalue weighted by atomic mass is 32.2. The van der Waals surface area contributed by atoms with Gasteiger partial charge in [0.05, 0.1) is 128 Å². The summed E-state index contributed by atoms with van der Waals surface area (Å²) in [6.45, 7) is 4.11. The lowest BCUT2D eigenvalue weighted by atomic mass is 9.99. The summed E-state index contributed by atoms with van der Waals surface area (Å²) in [6.07, 6.45) is 10.3. The largest absolute Gasteiger partial charge is 0.359 e. The number of nitrogens with zero attached hydrogens (tertiary/aromatic N) is 11. The molecule has 0 radical (unpaired) electrons. The van der Waals surface area contributed by atoms with E-state index >= 15 is 0 Å². The van der Waals surface area contributed by atoms with Gasteiger partial charge in [0.1, 0.15) is 38.6 Å². The molecule has 4 fully saturated rings. The van der Waals surface area contributed by atoms with Crippen LogP contribution in [0.1, 0.15) is 52.6 Å². The number of fused-ring (bicyclic) bond motifs is 4. The Morgan fingerprint density at radius 2 is 0.779 bits per heavy atom. The van der Waals surface area contributed by atoms with Gasteiger partial charge in [0, 0.05) is 109 Å². The Kier molecular flexibility index (Phi) is 27.4. The number of anilines is 8. The summed E-state index contributed by atoms with van der Waals surface area (Å²) in [4.78, 5) is 82.4. The van der Waals surface area contributed by atoms with E-state index in [4.69, 9.17) is 23.9 Å². The summed E-state index contributed by atoms with van der Waals surface area (Å²) in [5.41, 5.74) is 15.5. The van der Waals surface area contributed by atoms with Crippen molar-refractivity contribution in [3.8, 4) is 45.0 Å². The first-order valence-corrected chi connectivity index (χ1v) is 48.9. The Labute approximate surface area is 780 Å². The molecule has 0 unspecified atom stereocenters. The van der Waals surface area contributed by atoms with Crippen molar-refractivity contribution in [3.63, 3.8) is 0 Å². The zero-order valence-corrected chi connectivity index (χ0v) is 75.9. The molecule has 0 aliphatic carbocycles. The minimum atomic E-state index is -3.59. The average Bonchev–Trinajstić information content (AvgIpc) is 0.796. The fourth-order valence-electron chi connectivity index (χ4n) is 15.2. The number of carbonyl (C=O) groups excluding carboxylic acids is 4. The second kappa shape index (κ2) is 40.2. The summed E-state index contributed by atoms with van der Waals surface area (Å²) in [5.74, 6) is -4.07. The maximum atomic E-state index is 14.8. The van der Waals surface area contributed by atoms with Crippen molar-refractivity contribution in [3.05, 3.63) is 343 Å². The van der Waals surface area contributed by atoms with E-state index in [0.717, 1.165) is 115 Å². The lowest BCUT2D eigenvalue weighted by molar-refractivity contribution is 0.101. The van der Waals surface area contributed by atoms with Crippen LogP contribution in [0.4, 0.5) is 54.3 Å². The molecule has 11 heterocycles. The van der Waals surface area contributed by atoms with Crippen LogP contribution in [-0.2, 0) is 59.0 Å². The number of pyridine rings is 7. The van der Waals surface area contributed by atoms with Gasteiger partial charge in [-0.15, -0.1) is 0 Å². The first-order valence-electron chi connectivity index (χ1n) is 42.4. The number of nitrogens with one attached hydrogen (secondary N) is 4. The molecule has 0 atom stereocenters. The summed E-state index contributed by atoms with van der Waals surface area (Å²) in [7, 11) is -14.0. The molecule has 7 aromatic heterocycles. The molecule has 4 aliphatic rings. The van der Waals surface area contributed by atoms with Crippen molar-refractivity contribution >= 4 is 153 Å². The molecule has 31 nitrogen and oxygen atoms in total. The van der Waals surface area contributed by atoms with Crippen molar-refractivity contribution in [2.45, 2.75) is 13.8 Å². The Morgan fingerprint density at radius 3 is 1.34 bits per heavy atom. The SMILES string of the molecule is Cc1ccc(NC(=O)c2ccc(N3COCCS3(=O)=O)cc2)cc1-c1ccc2ncccc2n1.Cc1ccc(NC(=O)c2ccc(N3COCCS3(=O)=O)cc2)cc1-c1nccc2ccccc12.O=C(Nc1cccc(-c2ccc3cnccc3n2)c1)c1ccc(N2COCCS2(=O)=O)cc1F.O=C(Nc1cccc(-c2nccc3ncccc23)c1)c1ccc(N2COCCS2(=O)=O)cc1F. The number of ether oxygens (including phenoxy) is 4. The number of aromatic nitrogens is 7. The van der Waals surface area contributed by atoms with Crippen LogP contribution in [0.15, 0.2) is 298 Å². The number of aryl methyl sites for hydroxylation is 2. The number of hydrogen-bond donors (Lipinski definition) is 4. The van der Waals surface area contributed by atoms with Crippen LogP contribution >= 0.6 is 0 Å². The summed E-state index contributed by atoms with van der Waals surface area (Å²) < 4.78 is 153. The molecule has 9 aromatic carbocycles. The number of halogens is 2. The van der Waals surface area contributed by atoms with E-state index in [0.29, 0.717) is 50.9 Å². The van der Waals surface area contributed by atoms with Crippen molar-refractivity contribution in [2.24, 2.45) is 0 Å². The standard InChI is InChI=1S/C26H23N3O4S.C25H22N4O4S.2C24H19FN4O4S/c1-18-6-9-21(16-24(18)25-23-5-3-2-4-19(23)12-13-27-25)28-26(30)20-7-10-22(11-8-20)29-17-33-14-15-34(29,31)32;1-17-4-7-19(15-21(17)22-10-11-23-24(28-22)3-2-12-26-23)27-25(30)18-5-8-20(9-6-18)29-16-33-13-14-34(29,31)32;25-21-14-18(29-15-33-11-12-34(29,31)32)6-7-19(21)24(30)28-17-4-1-3-16(13-17)23-20-5-2-9-26-22(20)8-10-27-23;25-21-13-19(29-15-33-10-11-34(29,31)32)5-6-20(21)24(30)27-18-3-1-2-16(12-18)22-7-4-17-14-26-9-8-23(17)28-22/h2-13,16H,14-15,17H2,1H3,(H,28,30);2-12,15H,13-14,16H2,1H3,(H,27,30);1-10,13-14H,11-12,15H2,(H,28,30);1-9,12-14H,10-11,15H2,(H,27,30). The van der Waals surface area contributed by atoms with Crippen LogP contribution in [0.25, 0.3) is 88.6 Å². The molecule has 4 saturated heterocycles. The highest BCUT2D eigenvalue weighted by Gasteiger charge is 2.33. The number of hydrogen-bond acceptors (Lipinski definition) is 23. The van der Waals surface area contributed by atoms with Gasteiger partial charge in [0.15, 0.2) is 0 Å². The smallest absolute Gasteiger partial charge is 0.258 e. The summed E-state index contributed by atoms with van der Waals surface area (Å²) >= 11 is 0. The molecule has 0 bridgehead atoms. The summed E-state index contributed by atoms with van der Waals surface area (Å²) in [5, 5.41) is 15.2. The predicted octanol–water partition coefficient (Wildman–Crippen LogP) is 16.2. The summed E-state index contributed by atoms with van der Waals surface area (Å²) in [6, 6.07) is 74.5. The number of benzene rings is 9. The molecule has 4 aliphatic heterocycles. The number of amides is 4. The van der Waals surface area contributed by atoms with Gasteiger partial charge >= 0.3 is 0 Å². The van der Waals surface area contributed by atoms with Gasteiger partial charge < -0.3 is 40.2 Å². The Morgan fingerprint density at radius 1 is 0.331 bits per heavy atom. The van der Waals surface area contributed by atoms with Crippen LogP contribution < -0.4 is 38.5 Å². The molecular weight excluding hydrogens is 1820 g/mol. The van der Waals surface area contributed by atoms with E-state index in [9.17, 15) is 61.6 Å². The lowest BCUT2D eigenvalue weighted by Gasteiger charge is -2.28. The minimum absolute atomic E-state index is 0.0256. The van der Waals surface area contributed by atoms with Crippen molar-refractivity contribution in [2.75, 3.05) is 115 Å². The van der Waals surface area contributed by atoms with Crippen molar-refractivity contribution < 1.29 is 80.6 Å². The Bertz CT molecular complexity index is 7800. The highest BCUT2D eigenvalue weighted by Crippen LogP contribution is 2.36. The van der Waals surface area contributed by atoms with Gasteiger partial charge in [-0.1, -0.05) is 60.7 Å². The first kappa shape index (κ1) is 92.5. The maximum absolute atomic E-state index is 14.8. The molecule has 4 N–H and O–H groups in total. The van der Waals surface area contributed by atoms with Crippen LogP contribution in [0.5, 0.6) is 0 Å². The normalized spacial score (nSPS) is 15.3. The maximum Gasteiger partial charge on any atom is 0.258 e. The Hall–Kier alpha value is -15.4.